The monoisotopic (exact) mass is 237 g/mol. The van der Waals surface area contributed by atoms with E-state index in [-0.39, 0.29) is 0 Å². The molecule has 0 radical (unpaired) electrons. The Morgan fingerprint density at radius 3 is 2.82 bits per heavy atom. The SMILES string of the molecule is C1CNCC(CN2CCCN3CCCC3C2)C1. The molecule has 2 unspecified atom stereocenters. The van der Waals surface area contributed by atoms with E-state index >= 15 is 0 Å². The molecule has 3 aliphatic heterocycles. The predicted molar refractivity (Wildman–Crippen MR) is 71.2 cm³/mol. The molecule has 0 aliphatic carbocycles. The van der Waals surface area contributed by atoms with Crippen molar-refractivity contribution < 1.29 is 0 Å². The van der Waals surface area contributed by atoms with Crippen LogP contribution in [-0.4, -0.2) is 61.7 Å². The first-order valence-electron chi connectivity index (χ1n) is 7.59. The van der Waals surface area contributed by atoms with Crippen LogP contribution < -0.4 is 5.32 Å². The minimum absolute atomic E-state index is 0.883. The number of nitrogens with zero attached hydrogens (tertiary/aromatic N) is 2. The average Bonchev–Trinajstić information content (AvgIpc) is 2.70. The van der Waals surface area contributed by atoms with Gasteiger partial charge in [-0.25, -0.2) is 0 Å². The molecule has 98 valence electrons. The largest absolute Gasteiger partial charge is 0.316 e. The molecule has 3 heterocycles. The van der Waals surface area contributed by atoms with Crippen LogP contribution in [0.5, 0.6) is 0 Å². The third-order valence-corrected chi connectivity index (χ3v) is 4.80. The smallest absolute Gasteiger partial charge is 0.0223 e. The summed E-state index contributed by atoms with van der Waals surface area (Å²) >= 11 is 0. The van der Waals surface area contributed by atoms with Crippen LogP contribution in [0, 0.1) is 5.92 Å². The standard InChI is InChI=1S/C14H27N3/c1-4-13(10-15-6-1)11-16-7-3-9-17-8-2-5-14(17)12-16/h13-15H,1-12H2. The molecular formula is C14H27N3. The van der Waals surface area contributed by atoms with Gasteiger partial charge in [-0.1, -0.05) is 0 Å². The summed E-state index contributed by atoms with van der Waals surface area (Å²) in [5, 5.41) is 3.55. The maximum atomic E-state index is 3.55. The second-order valence-corrected chi connectivity index (χ2v) is 6.16. The molecule has 3 fully saturated rings. The maximum absolute atomic E-state index is 3.55. The minimum atomic E-state index is 0.883. The van der Waals surface area contributed by atoms with Crippen molar-refractivity contribution in [2.45, 2.75) is 38.1 Å². The minimum Gasteiger partial charge on any atom is -0.316 e. The summed E-state index contributed by atoms with van der Waals surface area (Å²) in [5.74, 6) is 0.914. The molecule has 0 saturated carbocycles. The molecule has 0 amide bonds. The van der Waals surface area contributed by atoms with Crippen LogP contribution in [0.15, 0.2) is 0 Å². The normalized spacial score (nSPS) is 36.7. The van der Waals surface area contributed by atoms with E-state index in [0.717, 1.165) is 12.0 Å². The van der Waals surface area contributed by atoms with E-state index in [9.17, 15) is 0 Å². The van der Waals surface area contributed by atoms with Crippen LogP contribution in [0.25, 0.3) is 0 Å². The van der Waals surface area contributed by atoms with E-state index in [4.69, 9.17) is 0 Å². The van der Waals surface area contributed by atoms with Gasteiger partial charge in [0.25, 0.3) is 0 Å². The van der Waals surface area contributed by atoms with Gasteiger partial charge in [0, 0.05) is 19.1 Å². The lowest BCUT2D eigenvalue weighted by atomic mass is 9.99. The number of hydrogen-bond donors (Lipinski definition) is 1. The van der Waals surface area contributed by atoms with Crippen molar-refractivity contribution in [3.05, 3.63) is 0 Å². The maximum Gasteiger partial charge on any atom is 0.0223 e. The lowest BCUT2D eigenvalue weighted by Gasteiger charge is -2.31. The van der Waals surface area contributed by atoms with Gasteiger partial charge >= 0.3 is 0 Å². The van der Waals surface area contributed by atoms with Crippen molar-refractivity contribution in [3.8, 4) is 0 Å². The van der Waals surface area contributed by atoms with Crippen LogP contribution in [0.1, 0.15) is 32.1 Å². The molecule has 3 rings (SSSR count). The van der Waals surface area contributed by atoms with Crippen LogP contribution in [-0.2, 0) is 0 Å². The third-order valence-electron chi connectivity index (χ3n) is 4.80. The molecule has 3 aliphatic rings. The summed E-state index contributed by atoms with van der Waals surface area (Å²) < 4.78 is 0. The first-order chi connectivity index (χ1) is 8.42. The summed E-state index contributed by atoms with van der Waals surface area (Å²) in [6.07, 6.45) is 7.09. The molecule has 0 aromatic rings. The molecule has 17 heavy (non-hydrogen) atoms. The van der Waals surface area contributed by atoms with E-state index < -0.39 is 0 Å². The number of piperidine rings is 1. The first kappa shape index (κ1) is 11.9. The molecule has 0 spiro atoms. The topological polar surface area (TPSA) is 18.5 Å². The zero-order valence-corrected chi connectivity index (χ0v) is 11.0. The Labute approximate surface area is 106 Å². The molecule has 0 aromatic heterocycles. The van der Waals surface area contributed by atoms with Gasteiger partial charge in [0.15, 0.2) is 0 Å². The van der Waals surface area contributed by atoms with Gasteiger partial charge < -0.3 is 10.2 Å². The Morgan fingerprint density at radius 2 is 1.94 bits per heavy atom. The van der Waals surface area contributed by atoms with E-state index in [1.165, 1.54) is 77.9 Å². The summed E-state index contributed by atoms with van der Waals surface area (Å²) in [6, 6.07) is 0.883. The lowest BCUT2D eigenvalue weighted by molar-refractivity contribution is 0.185. The molecular weight excluding hydrogens is 210 g/mol. The van der Waals surface area contributed by atoms with E-state index in [1.54, 1.807) is 0 Å². The van der Waals surface area contributed by atoms with Gasteiger partial charge in [-0.15, -0.1) is 0 Å². The third kappa shape index (κ3) is 3.01. The van der Waals surface area contributed by atoms with Crippen molar-refractivity contribution in [2.75, 3.05) is 45.8 Å². The lowest BCUT2D eigenvalue weighted by Crippen LogP contribution is -2.42. The Hall–Kier alpha value is -0.120. The average molecular weight is 237 g/mol. The summed E-state index contributed by atoms with van der Waals surface area (Å²) in [4.78, 5) is 5.49. The Bertz CT molecular complexity index is 238. The van der Waals surface area contributed by atoms with Crippen molar-refractivity contribution >= 4 is 0 Å². The second kappa shape index (κ2) is 5.68. The highest BCUT2D eigenvalue weighted by atomic mass is 15.3. The molecule has 3 nitrogen and oxygen atoms in total. The molecule has 2 atom stereocenters. The molecule has 0 aromatic carbocycles. The fourth-order valence-electron chi connectivity index (χ4n) is 3.89. The summed E-state index contributed by atoms with van der Waals surface area (Å²) in [6.45, 7) is 9.24. The van der Waals surface area contributed by atoms with Gasteiger partial charge in [-0.2, -0.15) is 0 Å². The van der Waals surface area contributed by atoms with Crippen molar-refractivity contribution in [1.82, 2.24) is 15.1 Å². The van der Waals surface area contributed by atoms with E-state index in [1.807, 2.05) is 0 Å². The van der Waals surface area contributed by atoms with Gasteiger partial charge in [0.05, 0.1) is 0 Å². The zero-order chi connectivity index (χ0) is 11.5. The zero-order valence-electron chi connectivity index (χ0n) is 11.0. The van der Waals surface area contributed by atoms with E-state index in [2.05, 4.69) is 15.1 Å². The van der Waals surface area contributed by atoms with Crippen LogP contribution >= 0.6 is 0 Å². The first-order valence-corrected chi connectivity index (χ1v) is 7.59. The predicted octanol–water partition coefficient (Wildman–Crippen LogP) is 1.16. The Morgan fingerprint density at radius 1 is 1.00 bits per heavy atom. The highest BCUT2D eigenvalue weighted by molar-refractivity contribution is 4.86. The van der Waals surface area contributed by atoms with E-state index in [0.29, 0.717) is 0 Å². The number of rotatable bonds is 2. The van der Waals surface area contributed by atoms with Crippen molar-refractivity contribution in [2.24, 2.45) is 5.92 Å². The fraction of sp³-hybridized carbons (Fsp3) is 1.00. The Balaban J connectivity index is 1.52. The second-order valence-electron chi connectivity index (χ2n) is 6.16. The number of hydrogen-bond acceptors (Lipinski definition) is 3. The number of nitrogens with one attached hydrogen (secondary N) is 1. The van der Waals surface area contributed by atoms with Crippen molar-refractivity contribution in [1.29, 1.82) is 0 Å². The van der Waals surface area contributed by atoms with Crippen LogP contribution in [0.2, 0.25) is 0 Å². The number of fused-ring (bicyclic) bond motifs is 1. The van der Waals surface area contributed by atoms with Crippen LogP contribution in [0.3, 0.4) is 0 Å². The molecule has 0 bridgehead atoms. The Kier molecular flexibility index (Phi) is 3.99. The quantitative estimate of drug-likeness (QED) is 0.777. The highest BCUT2D eigenvalue weighted by Gasteiger charge is 2.29. The molecule has 3 saturated heterocycles. The fourth-order valence-corrected chi connectivity index (χ4v) is 3.89. The van der Waals surface area contributed by atoms with Gasteiger partial charge in [-0.3, -0.25) is 4.90 Å². The molecule has 3 heteroatoms. The highest BCUT2D eigenvalue weighted by Crippen LogP contribution is 2.22. The van der Waals surface area contributed by atoms with Gasteiger partial charge in [0.2, 0.25) is 0 Å². The van der Waals surface area contributed by atoms with Gasteiger partial charge in [-0.05, 0) is 70.7 Å². The summed E-state index contributed by atoms with van der Waals surface area (Å²) in [7, 11) is 0. The van der Waals surface area contributed by atoms with Crippen LogP contribution in [0.4, 0.5) is 0 Å². The molecule has 1 N–H and O–H groups in total. The van der Waals surface area contributed by atoms with Gasteiger partial charge in [0.1, 0.15) is 0 Å². The van der Waals surface area contributed by atoms with Crippen molar-refractivity contribution in [3.63, 3.8) is 0 Å². The summed E-state index contributed by atoms with van der Waals surface area (Å²) in [5.41, 5.74) is 0.